The minimum absolute atomic E-state index is 0.0347. The first-order valence-electron chi connectivity index (χ1n) is 7.11. The molecule has 3 rings (SSSR count). The van der Waals surface area contributed by atoms with E-state index in [2.05, 4.69) is 29.0 Å². The van der Waals surface area contributed by atoms with Gasteiger partial charge in [0.25, 0.3) is 0 Å². The second-order valence-electron chi connectivity index (χ2n) is 5.85. The molecular formula is C15H18FN3OS. The van der Waals surface area contributed by atoms with Gasteiger partial charge in [0.15, 0.2) is 5.13 Å². The van der Waals surface area contributed by atoms with Gasteiger partial charge in [0.05, 0.1) is 16.1 Å². The maximum absolute atomic E-state index is 13.2. The fourth-order valence-corrected chi connectivity index (χ4v) is 3.28. The van der Waals surface area contributed by atoms with E-state index in [1.807, 2.05) is 0 Å². The summed E-state index contributed by atoms with van der Waals surface area (Å²) in [5, 5.41) is 3.82. The molecule has 1 aliphatic heterocycles. The van der Waals surface area contributed by atoms with Crippen molar-refractivity contribution in [2.45, 2.75) is 13.8 Å². The molecule has 1 fully saturated rings. The molecule has 1 N–H and O–H groups in total. The van der Waals surface area contributed by atoms with Crippen molar-refractivity contribution in [1.29, 1.82) is 0 Å². The van der Waals surface area contributed by atoms with E-state index in [0.717, 1.165) is 21.9 Å². The molecule has 0 aliphatic carbocycles. The largest absolute Gasteiger partial charge is 0.355 e. The van der Waals surface area contributed by atoms with E-state index in [-0.39, 0.29) is 17.6 Å². The highest BCUT2D eigenvalue weighted by molar-refractivity contribution is 7.22. The molecule has 4 nitrogen and oxygen atoms in total. The molecule has 0 bridgehead atoms. The Morgan fingerprint density at radius 2 is 2.29 bits per heavy atom. The zero-order valence-electron chi connectivity index (χ0n) is 12.1. The normalized spacial score (nSPS) is 15.5. The Kier molecular flexibility index (Phi) is 3.80. The van der Waals surface area contributed by atoms with Crippen LogP contribution in [0, 0.1) is 17.7 Å². The molecule has 0 atom stereocenters. The molecular weight excluding hydrogens is 289 g/mol. The van der Waals surface area contributed by atoms with Gasteiger partial charge in [-0.15, -0.1) is 0 Å². The molecule has 1 aromatic heterocycles. The molecule has 21 heavy (non-hydrogen) atoms. The van der Waals surface area contributed by atoms with Gasteiger partial charge in [0, 0.05) is 19.6 Å². The fourth-order valence-electron chi connectivity index (χ4n) is 2.27. The Balaban J connectivity index is 1.61. The van der Waals surface area contributed by atoms with Crippen LogP contribution in [0.2, 0.25) is 0 Å². The number of aromatic nitrogens is 1. The van der Waals surface area contributed by atoms with Gasteiger partial charge in [-0.25, -0.2) is 9.37 Å². The first kappa shape index (κ1) is 14.3. The van der Waals surface area contributed by atoms with Crippen LogP contribution in [0.5, 0.6) is 0 Å². The highest BCUT2D eigenvalue weighted by Crippen LogP contribution is 2.33. The lowest BCUT2D eigenvalue weighted by Crippen LogP contribution is -2.54. The van der Waals surface area contributed by atoms with Crippen LogP contribution in [-0.4, -0.2) is 30.5 Å². The summed E-state index contributed by atoms with van der Waals surface area (Å²) in [5.74, 6) is 0.371. The second-order valence-corrected chi connectivity index (χ2v) is 6.86. The summed E-state index contributed by atoms with van der Waals surface area (Å²) in [5.41, 5.74) is 0.809. The van der Waals surface area contributed by atoms with Crippen molar-refractivity contribution in [2.24, 2.45) is 11.8 Å². The number of nitrogens with one attached hydrogen (secondary N) is 1. The van der Waals surface area contributed by atoms with Crippen LogP contribution in [0.3, 0.4) is 0 Å². The Hall–Kier alpha value is -1.69. The van der Waals surface area contributed by atoms with Crippen molar-refractivity contribution in [3.63, 3.8) is 0 Å². The number of rotatable bonds is 4. The van der Waals surface area contributed by atoms with Gasteiger partial charge in [-0.2, -0.15) is 0 Å². The Labute approximate surface area is 127 Å². The van der Waals surface area contributed by atoms with E-state index in [1.54, 1.807) is 6.07 Å². The number of amides is 1. The molecule has 2 heterocycles. The smallest absolute Gasteiger partial charge is 0.226 e. The minimum atomic E-state index is -0.243. The SMILES string of the molecule is CC(C)CNC(=O)C1CN(c2nc3ccc(F)cc3s2)C1. The number of anilines is 1. The highest BCUT2D eigenvalue weighted by atomic mass is 32.1. The molecule has 0 radical (unpaired) electrons. The van der Waals surface area contributed by atoms with Crippen LogP contribution in [0.15, 0.2) is 18.2 Å². The van der Waals surface area contributed by atoms with E-state index in [9.17, 15) is 9.18 Å². The van der Waals surface area contributed by atoms with Crippen LogP contribution >= 0.6 is 11.3 Å². The number of hydrogen-bond donors (Lipinski definition) is 1. The maximum atomic E-state index is 13.2. The van der Waals surface area contributed by atoms with Gasteiger partial charge in [-0.1, -0.05) is 25.2 Å². The molecule has 1 aliphatic rings. The molecule has 0 saturated carbocycles. The van der Waals surface area contributed by atoms with Crippen LogP contribution in [0.4, 0.5) is 9.52 Å². The number of hydrogen-bond acceptors (Lipinski definition) is 4. The average Bonchev–Trinajstić information content (AvgIpc) is 2.76. The molecule has 0 spiro atoms. The number of halogens is 1. The zero-order valence-corrected chi connectivity index (χ0v) is 12.9. The third kappa shape index (κ3) is 3.00. The molecule has 6 heteroatoms. The van der Waals surface area contributed by atoms with Gasteiger partial charge < -0.3 is 10.2 Å². The van der Waals surface area contributed by atoms with E-state index in [4.69, 9.17) is 0 Å². The summed E-state index contributed by atoms with van der Waals surface area (Å²) in [6, 6.07) is 4.62. The van der Waals surface area contributed by atoms with Crippen molar-refractivity contribution in [3.05, 3.63) is 24.0 Å². The number of carbonyl (C=O) groups excluding carboxylic acids is 1. The summed E-state index contributed by atoms with van der Waals surface area (Å²) >= 11 is 1.47. The molecule has 112 valence electrons. The monoisotopic (exact) mass is 307 g/mol. The number of nitrogens with zero attached hydrogens (tertiary/aromatic N) is 2. The number of fused-ring (bicyclic) bond motifs is 1. The maximum Gasteiger partial charge on any atom is 0.226 e. The van der Waals surface area contributed by atoms with Gasteiger partial charge >= 0.3 is 0 Å². The van der Waals surface area contributed by atoms with Crippen molar-refractivity contribution in [1.82, 2.24) is 10.3 Å². The van der Waals surface area contributed by atoms with Gasteiger partial charge in [-0.05, 0) is 24.1 Å². The van der Waals surface area contributed by atoms with E-state index < -0.39 is 0 Å². The lowest BCUT2D eigenvalue weighted by atomic mass is 10.00. The molecule has 0 unspecified atom stereocenters. The Morgan fingerprint density at radius 1 is 1.52 bits per heavy atom. The zero-order chi connectivity index (χ0) is 15.0. The van der Waals surface area contributed by atoms with E-state index in [0.29, 0.717) is 19.0 Å². The standard InChI is InChI=1S/C15H18FN3OS/c1-9(2)6-17-14(20)10-7-19(8-10)15-18-12-4-3-11(16)5-13(12)21-15/h3-5,9-10H,6-8H2,1-2H3,(H,17,20). The van der Waals surface area contributed by atoms with Crippen molar-refractivity contribution < 1.29 is 9.18 Å². The third-order valence-electron chi connectivity index (χ3n) is 3.55. The Bertz CT molecular complexity index is 664. The fraction of sp³-hybridized carbons (Fsp3) is 0.467. The quantitative estimate of drug-likeness (QED) is 0.944. The predicted octanol–water partition coefficient (Wildman–Crippen LogP) is 2.64. The summed E-state index contributed by atoms with van der Waals surface area (Å²) in [7, 11) is 0. The molecule has 1 amide bonds. The summed E-state index contributed by atoms with van der Waals surface area (Å²) in [4.78, 5) is 18.5. The lowest BCUT2D eigenvalue weighted by molar-refractivity contribution is -0.125. The predicted molar refractivity (Wildman–Crippen MR) is 83.1 cm³/mol. The number of benzene rings is 1. The first-order chi connectivity index (χ1) is 10.0. The van der Waals surface area contributed by atoms with Crippen LogP contribution in [0.1, 0.15) is 13.8 Å². The molecule has 1 aromatic carbocycles. The van der Waals surface area contributed by atoms with Crippen LogP contribution in [-0.2, 0) is 4.79 Å². The van der Waals surface area contributed by atoms with Crippen molar-refractivity contribution in [3.8, 4) is 0 Å². The third-order valence-corrected chi connectivity index (χ3v) is 4.63. The lowest BCUT2D eigenvalue weighted by Gasteiger charge is -2.38. The minimum Gasteiger partial charge on any atom is -0.355 e. The molecule has 2 aromatic rings. The van der Waals surface area contributed by atoms with Crippen LogP contribution < -0.4 is 10.2 Å². The first-order valence-corrected chi connectivity index (χ1v) is 7.93. The summed E-state index contributed by atoms with van der Waals surface area (Å²) < 4.78 is 14.0. The van der Waals surface area contributed by atoms with E-state index >= 15 is 0 Å². The number of carbonyl (C=O) groups is 1. The van der Waals surface area contributed by atoms with Gasteiger partial charge in [0.1, 0.15) is 5.82 Å². The summed E-state index contributed by atoms with van der Waals surface area (Å²) in [6.07, 6.45) is 0. The second kappa shape index (κ2) is 5.60. The van der Waals surface area contributed by atoms with E-state index in [1.165, 1.54) is 23.5 Å². The molecule has 1 saturated heterocycles. The Morgan fingerprint density at radius 3 is 3.00 bits per heavy atom. The highest BCUT2D eigenvalue weighted by Gasteiger charge is 2.34. The van der Waals surface area contributed by atoms with Gasteiger partial charge in [-0.3, -0.25) is 4.79 Å². The van der Waals surface area contributed by atoms with Crippen molar-refractivity contribution in [2.75, 3.05) is 24.5 Å². The topological polar surface area (TPSA) is 45.2 Å². The van der Waals surface area contributed by atoms with Crippen molar-refractivity contribution >= 4 is 32.6 Å². The van der Waals surface area contributed by atoms with Crippen LogP contribution in [0.25, 0.3) is 10.2 Å². The average molecular weight is 307 g/mol. The van der Waals surface area contributed by atoms with Gasteiger partial charge in [0.2, 0.25) is 5.91 Å². The number of thiazole rings is 1. The summed E-state index contributed by atoms with van der Waals surface area (Å²) in [6.45, 7) is 6.25.